The number of nitrogens with zero attached hydrogens (tertiary/aromatic N) is 1. The molecule has 0 aromatic heterocycles. The minimum absolute atomic E-state index is 0.0930. The summed E-state index contributed by atoms with van der Waals surface area (Å²) in [6, 6.07) is 13.8. The van der Waals surface area contributed by atoms with Crippen molar-refractivity contribution in [3.8, 4) is 11.5 Å². The molecule has 2 aliphatic heterocycles. The number of rotatable bonds is 5. The van der Waals surface area contributed by atoms with Crippen LogP contribution in [0.2, 0.25) is 0 Å². The minimum atomic E-state index is -0.375. The Hall–Kier alpha value is -2.60. The highest BCUT2D eigenvalue weighted by Gasteiger charge is 2.45. The lowest BCUT2D eigenvalue weighted by atomic mass is 9.89. The number of methoxy groups -OCH3 is 1. The molecule has 154 valence electrons. The van der Waals surface area contributed by atoms with Gasteiger partial charge in [-0.2, -0.15) is 0 Å². The van der Waals surface area contributed by atoms with Gasteiger partial charge in [0.15, 0.2) is 0 Å². The molecule has 0 radical (unpaired) electrons. The molecule has 2 aromatic carbocycles. The number of carbonyl (C=O) groups is 1. The maximum atomic E-state index is 13.4. The Bertz CT molecular complexity index is 873. The van der Waals surface area contributed by atoms with E-state index >= 15 is 0 Å². The average Bonchev–Trinajstić information content (AvgIpc) is 3.09. The number of amides is 1. The molecule has 2 atom stereocenters. The van der Waals surface area contributed by atoms with Gasteiger partial charge in [-0.1, -0.05) is 18.2 Å². The zero-order valence-electron chi connectivity index (χ0n) is 16.6. The van der Waals surface area contributed by atoms with Crippen molar-refractivity contribution in [3.05, 3.63) is 59.9 Å². The molecular formula is C23H26FNO4. The Balaban J connectivity index is 1.37. The smallest absolute Gasteiger partial charge is 0.227 e. The summed E-state index contributed by atoms with van der Waals surface area (Å²) in [4.78, 5) is 14.8. The van der Waals surface area contributed by atoms with Crippen LogP contribution in [0.4, 0.5) is 4.39 Å². The molecule has 2 aliphatic rings. The highest BCUT2D eigenvalue weighted by Crippen LogP contribution is 2.36. The van der Waals surface area contributed by atoms with Crippen molar-refractivity contribution in [2.45, 2.75) is 37.4 Å². The summed E-state index contributed by atoms with van der Waals surface area (Å²) in [5, 5.41) is 0. The van der Waals surface area contributed by atoms with E-state index in [0.29, 0.717) is 31.7 Å². The van der Waals surface area contributed by atoms with Gasteiger partial charge in [0, 0.05) is 25.6 Å². The number of piperidine rings is 1. The average molecular weight is 399 g/mol. The first-order valence-electron chi connectivity index (χ1n) is 10.0. The number of hydrogen-bond acceptors (Lipinski definition) is 4. The molecule has 1 amide bonds. The normalized spacial score (nSPS) is 23.9. The van der Waals surface area contributed by atoms with Crippen LogP contribution in [-0.2, 0) is 16.0 Å². The Morgan fingerprint density at radius 1 is 1.24 bits per heavy atom. The van der Waals surface area contributed by atoms with Gasteiger partial charge in [-0.05, 0) is 42.7 Å². The number of ether oxygens (including phenoxy) is 3. The molecule has 29 heavy (non-hydrogen) atoms. The molecule has 5 nitrogen and oxygen atoms in total. The van der Waals surface area contributed by atoms with E-state index in [4.69, 9.17) is 14.2 Å². The van der Waals surface area contributed by atoms with Crippen molar-refractivity contribution in [2.24, 2.45) is 0 Å². The molecule has 4 rings (SSSR count). The van der Waals surface area contributed by atoms with Gasteiger partial charge < -0.3 is 19.1 Å². The van der Waals surface area contributed by atoms with E-state index in [1.165, 1.54) is 12.1 Å². The standard InChI is InChI=1S/C23H26FNO4/c1-27-19-7-2-5-17(11-19)12-22(26)25-10-4-9-23(16-25)14-21(15-28-23)29-20-8-3-6-18(24)13-20/h2-3,5-8,11,13,21H,4,9-10,12,14-16H2,1H3/t21-,23-/m1/s1. The number of carbonyl (C=O) groups excluding carboxylic acids is 1. The third-order valence-corrected chi connectivity index (χ3v) is 5.66. The van der Waals surface area contributed by atoms with Crippen LogP contribution in [0.1, 0.15) is 24.8 Å². The molecule has 2 fully saturated rings. The fourth-order valence-corrected chi connectivity index (χ4v) is 4.28. The molecule has 0 saturated carbocycles. The number of hydrogen-bond donors (Lipinski definition) is 0. The van der Waals surface area contributed by atoms with Gasteiger partial charge in [-0.15, -0.1) is 0 Å². The van der Waals surface area contributed by atoms with Gasteiger partial charge in [0.25, 0.3) is 0 Å². The van der Waals surface area contributed by atoms with Crippen molar-refractivity contribution in [2.75, 3.05) is 26.8 Å². The first-order valence-corrected chi connectivity index (χ1v) is 10.0. The van der Waals surface area contributed by atoms with Crippen LogP contribution in [0.3, 0.4) is 0 Å². The maximum Gasteiger partial charge on any atom is 0.227 e. The van der Waals surface area contributed by atoms with Gasteiger partial charge >= 0.3 is 0 Å². The summed E-state index contributed by atoms with van der Waals surface area (Å²) in [6.07, 6.45) is 2.71. The van der Waals surface area contributed by atoms with Crippen molar-refractivity contribution in [3.63, 3.8) is 0 Å². The fraction of sp³-hybridized carbons (Fsp3) is 0.435. The van der Waals surface area contributed by atoms with Crippen molar-refractivity contribution >= 4 is 5.91 Å². The third-order valence-electron chi connectivity index (χ3n) is 5.66. The second-order valence-electron chi connectivity index (χ2n) is 7.84. The summed E-state index contributed by atoms with van der Waals surface area (Å²) >= 11 is 0. The molecule has 0 aliphatic carbocycles. The summed E-state index contributed by atoms with van der Waals surface area (Å²) < 4.78 is 30.7. The van der Waals surface area contributed by atoms with Crippen LogP contribution in [0.5, 0.6) is 11.5 Å². The zero-order chi connectivity index (χ0) is 20.3. The quantitative estimate of drug-likeness (QED) is 0.771. The van der Waals surface area contributed by atoms with Crippen LogP contribution in [0.25, 0.3) is 0 Å². The lowest BCUT2D eigenvalue weighted by molar-refractivity contribution is -0.138. The summed E-state index contributed by atoms with van der Waals surface area (Å²) in [5.41, 5.74) is 0.564. The van der Waals surface area contributed by atoms with Gasteiger partial charge in [-0.25, -0.2) is 4.39 Å². The predicted octanol–water partition coefficient (Wildman–Crippen LogP) is 3.61. The lowest BCUT2D eigenvalue weighted by Crippen LogP contribution is -2.50. The van der Waals surface area contributed by atoms with Gasteiger partial charge in [0.2, 0.25) is 5.91 Å². The van der Waals surface area contributed by atoms with E-state index in [0.717, 1.165) is 30.7 Å². The minimum Gasteiger partial charge on any atom is -0.497 e. The molecule has 1 spiro atoms. The Morgan fingerprint density at radius 2 is 2.07 bits per heavy atom. The Labute approximate surface area is 170 Å². The fourth-order valence-electron chi connectivity index (χ4n) is 4.28. The lowest BCUT2D eigenvalue weighted by Gasteiger charge is -2.39. The van der Waals surface area contributed by atoms with E-state index in [2.05, 4.69) is 0 Å². The molecule has 2 heterocycles. The highest BCUT2D eigenvalue weighted by molar-refractivity contribution is 5.79. The van der Waals surface area contributed by atoms with Gasteiger partial charge in [0.1, 0.15) is 23.4 Å². The molecule has 2 saturated heterocycles. The van der Waals surface area contributed by atoms with Gasteiger partial charge in [-0.3, -0.25) is 4.79 Å². The first kappa shape index (κ1) is 19.7. The van der Waals surface area contributed by atoms with Crippen molar-refractivity contribution < 1.29 is 23.4 Å². The zero-order valence-corrected chi connectivity index (χ0v) is 16.6. The monoisotopic (exact) mass is 399 g/mol. The molecule has 2 aromatic rings. The van der Waals surface area contributed by atoms with Crippen LogP contribution >= 0.6 is 0 Å². The number of likely N-dealkylation sites (tertiary alicyclic amines) is 1. The third kappa shape index (κ3) is 4.70. The number of halogens is 1. The van der Waals surface area contributed by atoms with E-state index in [1.54, 1.807) is 19.2 Å². The first-order chi connectivity index (χ1) is 14.0. The molecule has 0 unspecified atom stereocenters. The topological polar surface area (TPSA) is 48.0 Å². The number of benzene rings is 2. The molecule has 0 bridgehead atoms. The summed E-state index contributed by atoms with van der Waals surface area (Å²) in [6.45, 7) is 1.76. The van der Waals surface area contributed by atoms with E-state index in [1.807, 2.05) is 29.2 Å². The maximum absolute atomic E-state index is 13.4. The largest absolute Gasteiger partial charge is 0.497 e. The molecule has 6 heteroatoms. The Morgan fingerprint density at radius 3 is 2.90 bits per heavy atom. The van der Waals surface area contributed by atoms with Crippen molar-refractivity contribution in [1.82, 2.24) is 4.90 Å². The molecular weight excluding hydrogens is 373 g/mol. The van der Waals surface area contributed by atoms with Crippen LogP contribution in [0.15, 0.2) is 48.5 Å². The SMILES string of the molecule is COc1cccc(CC(=O)N2CCC[C@@]3(C[C@@H](Oc4cccc(F)c4)CO3)C2)c1. The highest BCUT2D eigenvalue weighted by atomic mass is 19.1. The molecule has 0 N–H and O–H groups in total. The second kappa shape index (κ2) is 8.41. The second-order valence-corrected chi connectivity index (χ2v) is 7.84. The summed E-state index contributed by atoms with van der Waals surface area (Å²) in [5.74, 6) is 1.04. The van der Waals surface area contributed by atoms with Crippen molar-refractivity contribution in [1.29, 1.82) is 0 Å². The predicted molar refractivity (Wildman–Crippen MR) is 107 cm³/mol. The summed E-state index contributed by atoms with van der Waals surface area (Å²) in [7, 11) is 1.62. The van der Waals surface area contributed by atoms with Crippen LogP contribution in [0, 0.1) is 5.82 Å². The Kier molecular flexibility index (Phi) is 5.72. The van der Waals surface area contributed by atoms with Crippen LogP contribution in [-0.4, -0.2) is 49.3 Å². The van der Waals surface area contributed by atoms with E-state index in [9.17, 15) is 9.18 Å². The van der Waals surface area contributed by atoms with Gasteiger partial charge in [0.05, 0.1) is 25.7 Å². The van der Waals surface area contributed by atoms with E-state index in [-0.39, 0.29) is 23.4 Å². The van der Waals surface area contributed by atoms with Crippen LogP contribution < -0.4 is 9.47 Å². The van der Waals surface area contributed by atoms with E-state index < -0.39 is 0 Å².